The first-order valence-electron chi connectivity index (χ1n) is 6.18. The number of aliphatic carboxylic acids is 1. The molecule has 1 aromatic rings. The molecule has 6 heteroatoms. The van der Waals surface area contributed by atoms with Crippen molar-refractivity contribution >= 4 is 23.1 Å². The first kappa shape index (κ1) is 14.2. The summed E-state index contributed by atoms with van der Waals surface area (Å²) in [5, 5.41) is 10.9. The minimum atomic E-state index is -0.810. The van der Waals surface area contributed by atoms with E-state index in [0.717, 1.165) is 17.0 Å². The van der Waals surface area contributed by atoms with Crippen molar-refractivity contribution in [2.45, 2.75) is 25.9 Å². The number of carbonyl (C=O) groups excluding carboxylic acids is 1. The zero-order chi connectivity index (χ0) is 13.8. The molecule has 0 aliphatic carbocycles. The van der Waals surface area contributed by atoms with Crippen molar-refractivity contribution in [3.63, 3.8) is 0 Å². The average Bonchev–Trinajstić information content (AvgIpc) is 2.80. The van der Waals surface area contributed by atoms with Gasteiger partial charge in [0.15, 0.2) is 5.78 Å². The molecule has 1 atom stereocenters. The van der Waals surface area contributed by atoms with Gasteiger partial charge in [0.25, 0.3) is 0 Å². The predicted molar refractivity (Wildman–Crippen MR) is 71.6 cm³/mol. The van der Waals surface area contributed by atoms with E-state index >= 15 is 0 Å². The Morgan fingerprint density at radius 2 is 2.37 bits per heavy atom. The second-order valence-electron chi connectivity index (χ2n) is 4.67. The summed E-state index contributed by atoms with van der Waals surface area (Å²) in [4.78, 5) is 25.0. The van der Waals surface area contributed by atoms with Crippen LogP contribution in [0.5, 0.6) is 0 Å². The normalized spacial score (nSPS) is 20.4. The van der Waals surface area contributed by atoms with Crippen molar-refractivity contribution < 1.29 is 19.4 Å². The highest BCUT2D eigenvalue weighted by Crippen LogP contribution is 2.20. The third-order valence-corrected chi connectivity index (χ3v) is 4.23. The van der Waals surface area contributed by atoms with Crippen molar-refractivity contribution in [3.05, 3.63) is 21.9 Å². The molecule has 1 N–H and O–H groups in total. The molecule has 0 bridgehead atoms. The van der Waals surface area contributed by atoms with Crippen LogP contribution in [0.1, 0.15) is 28.6 Å². The van der Waals surface area contributed by atoms with Crippen LogP contribution in [0, 0.1) is 0 Å². The highest BCUT2D eigenvalue weighted by molar-refractivity contribution is 7.12. The van der Waals surface area contributed by atoms with Crippen molar-refractivity contribution in [3.8, 4) is 0 Å². The largest absolute Gasteiger partial charge is 0.481 e. The molecule has 0 radical (unpaired) electrons. The maximum absolute atomic E-state index is 11.3. The number of hydrogen-bond acceptors (Lipinski definition) is 5. The molecule has 1 saturated heterocycles. The van der Waals surface area contributed by atoms with E-state index in [0.29, 0.717) is 19.8 Å². The zero-order valence-corrected chi connectivity index (χ0v) is 11.6. The molecular formula is C13H17NO4S. The van der Waals surface area contributed by atoms with Crippen LogP contribution in [0.3, 0.4) is 0 Å². The SMILES string of the molecule is CC(=O)c1cc(CN2CCOCC2CC(=O)O)cs1. The molecule has 1 aliphatic heterocycles. The topological polar surface area (TPSA) is 66.8 Å². The Balaban J connectivity index is 2.01. The number of nitrogens with zero attached hydrogens (tertiary/aromatic N) is 1. The smallest absolute Gasteiger partial charge is 0.305 e. The molecule has 1 aliphatic rings. The monoisotopic (exact) mass is 283 g/mol. The summed E-state index contributed by atoms with van der Waals surface area (Å²) >= 11 is 1.44. The van der Waals surface area contributed by atoms with E-state index in [4.69, 9.17) is 9.84 Å². The molecular weight excluding hydrogens is 266 g/mol. The standard InChI is InChI=1S/C13H17NO4S/c1-9(15)12-4-10(8-19-12)6-14-2-3-18-7-11(14)5-13(16)17/h4,8,11H,2-3,5-7H2,1H3,(H,16,17). The number of Topliss-reactive ketones (excluding diaryl/α,β-unsaturated/α-hetero) is 1. The molecule has 0 saturated carbocycles. The van der Waals surface area contributed by atoms with Crippen LogP contribution < -0.4 is 0 Å². The van der Waals surface area contributed by atoms with Crippen LogP contribution in [-0.4, -0.2) is 47.6 Å². The van der Waals surface area contributed by atoms with Crippen LogP contribution >= 0.6 is 11.3 Å². The third-order valence-electron chi connectivity index (χ3n) is 3.15. The Hall–Kier alpha value is -1.24. The average molecular weight is 283 g/mol. The number of carboxylic acids is 1. The van der Waals surface area contributed by atoms with E-state index in [-0.39, 0.29) is 18.2 Å². The second kappa shape index (κ2) is 6.27. The van der Waals surface area contributed by atoms with Crippen molar-refractivity contribution in [1.82, 2.24) is 4.90 Å². The van der Waals surface area contributed by atoms with E-state index in [1.54, 1.807) is 6.92 Å². The Morgan fingerprint density at radius 1 is 1.58 bits per heavy atom. The molecule has 2 rings (SSSR count). The van der Waals surface area contributed by atoms with Crippen LogP contribution in [-0.2, 0) is 16.1 Å². The van der Waals surface area contributed by atoms with Gasteiger partial charge in [0.2, 0.25) is 0 Å². The van der Waals surface area contributed by atoms with Gasteiger partial charge in [-0.25, -0.2) is 0 Å². The molecule has 2 heterocycles. The lowest BCUT2D eigenvalue weighted by molar-refractivity contribution is -0.140. The van der Waals surface area contributed by atoms with Crippen LogP contribution in [0.4, 0.5) is 0 Å². The fraction of sp³-hybridized carbons (Fsp3) is 0.538. The number of thiophene rings is 1. The van der Waals surface area contributed by atoms with Crippen molar-refractivity contribution in [2.75, 3.05) is 19.8 Å². The first-order valence-corrected chi connectivity index (χ1v) is 7.06. The van der Waals surface area contributed by atoms with Gasteiger partial charge in [-0.2, -0.15) is 0 Å². The summed E-state index contributed by atoms with van der Waals surface area (Å²) in [5.41, 5.74) is 1.06. The fourth-order valence-corrected chi connectivity index (χ4v) is 2.97. The van der Waals surface area contributed by atoms with Gasteiger partial charge in [-0.3, -0.25) is 14.5 Å². The number of ether oxygens (including phenoxy) is 1. The fourth-order valence-electron chi connectivity index (χ4n) is 2.16. The first-order chi connectivity index (χ1) is 9.06. The number of carbonyl (C=O) groups is 2. The number of morpholine rings is 1. The van der Waals surface area contributed by atoms with Crippen LogP contribution in [0.2, 0.25) is 0 Å². The number of carboxylic acid groups (broad SMARTS) is 1. The zero-order valence-electron chi connectivity index (χ0n) is 10.8. The summed E-state index contributed by atoms with van der Waals surface area (Å²) in [6.45, 7) is 4.03. The Bertz CT molecular complexity index is 471. The number of hydrogen-bond donors (Lipinski definition) is 1. The molecule has 19 heavy (non-hydrogen) atoms. The molecule has 1 fully saturated rings. The van der Waals surface area contributed by atoms with Gasteiger partial charge in [-0.15, -0.1) is 11.3 Å². The van der Waals surface area contributed by atoms with Crippen molar-refractivity contribution in [1.29, 1.82) is 0 Å². The quantitative estimate of drug-likeness (QED) is 0.832. The van der Waals surface area contributed by atoms with E-state index < -0.39 is 5.97 Å². The second-order valence-corrected chi connectivity index (χ2v) is 5.58. The van der Waals surface area contributed by atoms with Gasteiger partial charge in [0.05, 0.1) is 24.5 Å². The highest BCUT2D eigenvalue weighted by Gasteiger charge is 2.25. The maximum atomic E-state index is 11.3. The van der Waals surface area contributed by atoms with Crippen molar-refractivity contribution in [2.24, 2.45) is 0 Å². The Morgan fingerprint density at radius 3 is 3.00 bits per heavy atom. The van der Waals surface area contributed by atoms with Gasteiger partial charge in [-0.05, 0) is 23.9 Å². The number of rotatable bonds is 5. The lowest BCUT2D eigenvalue weighted by Gasteiger charge is -2.34. The molecule has 1 unspecified atom stereocenters. The molecule has 104 valence electrons. The van der Waals surface area contributed by atoms with E-state index in [9.17, 15) is 9.59 Å². The van der Waals surface area contributed by atoms with E-state index in [2.05, 4.69) is 4.90 Å². The lowest BCUT2D eigenvalue weighted by Crippen LogP contribution is -2.45. The lowest BCUT2D eigenvalue weighted by atomic mass is 10.1. The summed E-state index contributed by atoms with van der Waals surface area (Å²) in [5.74, 6) is -0.740. The maximum Gasteiger partial charge on any atom is 0.305 e. The van der Waals surface area contributed by atoms with Crippen LogP contribution in [0.25, 0.3) is 0 Å². The minimum Gasteiger partial charge on any atom is -0.481 e. The highest BCUT2D eigenvalue weighted by atomic mass is 32.1. The summed E-state index contributed by atoms with van der Waals surface area (Å²) < 4.78 is 5.34. The third kappa shape index (κ3) is 3.86. The number of ketones is 1. The Kier molecular flexibility index (Phi) is 4.68. The molecule has 0 spiro atoms. The van der Waals surface area contributed by atoms with E-state index in [1.807, 2.05) is 11.4 Å². The van der Waals surface area contributed by atoms with Gasteiger partial charge < -0.3 is 9.84 Å². The van der Waals surface area contributed by atoms with Gasteiger partial charge in [-0.1, -0.05) is 0 Å². The molecule has 0 amide bonds. The molecule has 5 nitrogen and oxygen atoms in total. The molecule has 1 aromatic heterocycles. The summed E-state index contributed by atoms with van der Waals surface area (Å²) in [7, 11) is 0. The van der Waals surface area contributed by atoms with Gasteiger partial charge in [0, 0.05) is 19.1 Å². The van der Waals surface area contributed by atoms with Crippen LogP contribution in [0.15, 0.2) is 11.4 Å². The van der Waals surface area contributed by atoms with Gasteiger partial charge >= 0.3 is 5.97 Å². The van der Waals surface area contributed by atoms with E-state index in [1.165, 1.54) is 11.3 Å². The van der Waals surface area contributed by atoms with Gasteiger partial charge in [0.1, 0.15) is 0 Å². The summed E-state index contributed by atoms with van der Waals surface area (Å²) in [6.07, 6.45) is 0.0870. The predicted octanol–water partition coefficient (Wildman–Crippen LogP) is 1.63. The summed E-state index contributed by atoms with van der Waals surface area (Å²) in [6, 6.07) is 1.80. The molecule has 0 aromatic carbocycles. The Labute approximate surface area is 115 Å². The minimum absolute atomic E-state index is 0.0697.